The Morgan fingerprint density at radius 1 is 1.58 bits per heavy atom. The number of nitro groups is 1. The van der Waals surface area contributed by atoms with E-state index in [1.54, 1.807) is 11.3 Å². The summed E-state index contributed by atoms with van der Waals surface area (Å²) in [5, 5.41) is 13.8. The molecule has 0 saturated carbocycles. The molecule has 0 aliphatic carbocycles. The first kappa shape index (κ1) is 13.7. The summed E-state index contributed by atoms with van der Waals surface area (Å²) in [6.45, 7) is 2.49. The van der Waals surface area contributed by atoms with Gasteiger partial charge in [0.15, 0.2) is 0 Å². The Morgan fingerprint density at radius 2 is 2.32 bits per heavy atom. The first-order chi connectivity index (χ1) is 8.97. The smallest absolute Gasteiger partial charge is 0.289 e. The highest BCUT2D eigenvalue weighted by molar-refractivity contribution is 7.09. The van der Waals surface area contributed by atoms with Crippen LogP contribution in [-0.4, -0.2) is 21.9 Å². The van der Waals surface area contributed by atoms with Gasteiger partial charge in [0.05, 0.1) is 16.5 Å². The number of halogens is 1. The highest BCUT2D eigenvalue weighted by Crippen LogP contribution is 2.27. The number of aromatic nitrogens is 2. The molecule has 0 aliphatic heterocycles. The van der Waals surface area contributed by atoms with Crippen LogP contribution in [0.2, 0.25) is 5.02 Å². The number of aryl methyl sites for hydroxylation is 1. The molecule has 2 aromatic rings. The molecule has 0 saturated heterocycles. The summed E-state index contributed by atoms with van der Waals surface area (Å²) < 4.78 is 0. The van der Waals surface area contributed by atoms with Gasteiger partial charge in [-0.1, -0.05) is 11.6 Å². The molecule has 0 aliphatic rings. The van der Waals surface area contributed by atoms with Crippen LogP contribution in [0.25, 0.3) is 0 Å². The van der Waals surface area contributed by atoms with E-state index in [0.717, 1.165) is 10.7 Å². The number of nitrogens with zero attached hydrogens (tertiary/aromatic N) is 4. The topological polar surface area (TPSA) is 72.2 Å². The zero-order valence-electron chi connectivity index (χ0n) is 10.3. The zero-order valence-corrected chi connectivity index (χ0v) is 11.9. The van der Waals surface area contributed by atoms with Crippen LogP contribution in [0, 0.1) is 17.0 Å². The summed E-state index contributed by atoms with van der Waals surface area (Å²) >= 11 is 7.57. The van der Waals surface area contributed by atoms with Gasteiger partial charge in [-0.3, -0.25) is 10.1 Å². The Hall–Kier alpha value is -1.73. The minimum Gasteiger partial charge on any atom is -0.352 e. The Balaban J connectivity index is 2.19. The summed E-state index contributed by atoms with van der Waals surface area (Å²) in [4.78, 5) is 20.3. The molecule has 100 valence electrons. The molecule has 2 heterocycles. The van der Waals surface area contributed by atoms with Crippen LogP contribution in [0.3, 0.4) is 0 Å². The summed E-state index contributed by atoms with van der Waals surface area (Å²) in [5.74, 6) is 0.500. The van der Waals surface area contributed by atoms with Gasteiger partial charge in [-0.2, -0.15) is 0 Å². The third-order valence-corrected chi connectivity index (χ3v) is 3.65. The van der Waals surface area contributed by atoms with E-state index in [9.17, 15) is 10.1 Å². The van der Waals surface area contributed by atoms with E-state index in [0.29, 0.717) is 12.4 Å². The van der Waals surface area contributed by atoms with Crippen molar-refractivity contribution in [1.82, 2.24) is 9.97 Å². The average Bonchev–Trinajstić information content (AvgIpc) is 2.74. The van der Waals surface area contributed by atoms with Gasteiger partial charge in [0.2, 0.25) is 0 Å². The monoisotopic (exact) mass is 298 g/mol. The maximum absolute atomic E-state index is 10.6. The first-order valence-electron chi connectivity index (χ1n) is 5.39. The van der Waals surface area contributed by atoms with Crippen molar-refractivity contribution in [2.45, 2.75) is 13.5 Å². The second-order valence-electron chi connectivity index (χ2n) is 3.99. The lowest BCUT2D eigenvalue weighted by Gasteiger charge is -2.17. The molecule has 0 amide bonds. The predicted molar refractivity (Wildman–Crippen MR) is 74.9 cm³/mol. The molecule has 6 nitrogen and oxygen atoms in total. The SMILES string of the molecule is Cc1csc(CN(C)c2ncc([N+](=O)[O-])cc2Cl)n1. The fourth-order valence-corrected chi connectivity index (χ4v) is 2.68. The second-order valence-corrected chi connectivity index (χ2v) is 5.34. The Labute approximate surface area is 118 Å². The van der Waals surface area contributed by atoms with Crippen molar-refractivity contribution in [2.75, 3.05) is 11.9 Å². The Morgan fingerprint density at radius 3 is 2.84 bits per heavy atom. The fourth-order valence-electron chi connectivity index (χ4n) is 1.55. The maximum atomic E-state index is 10.6. The van der Waals surface area contributed by atoms with Gasteiger partial charge in [0.25, 0.3) is 5.69 Å². The van der Waals surface area contributed by atoms with E-state index in [-0.39, 0.29) is 10.7 Å². The van der Waals surface area contributed by atoms with Crippen LogP contribution >= 0.6 is 22.9 Å². The molecule has 8 heteroatoms. The van der Waals surface area contributed by atoms with Crippen molar-refractivity contribution in [3.05, 3.63) is 43.5 Å². The van der Waals surface area contributed by atoms with Gasteiger partial charge < -0.3 is 4.90 Å². The normalized spacial score (nSPS) is 10.5. The Kier molecular flexibility index (Phi) is 3.96. The van der Waals surface area contributed by atoms with Crippen molar-refractivity contribution in [3.63, 3.8) is 0 Å². The number of thiazole rings is 1. The molecule has 0 aromatic carbocycles. The van der Waals surface area contributed by atoms with Crippen molar-refractivity contribution in [2.24, 2.45) is 0 Å². The van der Waals surface area contributed by atoms with Gasteiger partial charge in [-0.15, -0.1) is 11.3 Å². The lowest BCUT2D eigenvalue weighted by atomic mass is 10.4. The molecule has 0 fully saturated rings. The van der Waals surface area contributed by atoms with Crippen molar-refractivity contribution in [3.8, 4) is 0 Å². The molecule has 0 radical (unpaired) electrons. The molecule has 19 heavy (non-hydrogen) atoms. The molecule has 0 bridgehead atoms. The van der Waals surface area contributed by atoms with E-state index in [4.69, 9.17) is 11.6 Å². The molecule has 0 unspecified atom stereocenters. The minimum absolute atomic E-state index is 0.118. The van der Waals surface area contributed by atoms with E-state index < -0.39 is 4.92 Å². The molecule has 0 N–H and O–H groups in total. The summed E-state index contributed by atoms with van der Waals surface area (Å²) in [6, 6.07) is 1.30. The van der Waals surface area contributed by atoms with Crippen LogP contribution in [0.4, 0.5) is 11.5 Å². The van der Waals surface area contributed by atoms with Crippen LogP contribution in [-0.2, 0) is 6.54 Å². The standard InChI is InChI=1S/C11H11ClN4O2S/c1-7-6-19-10(14-7)5-15(2)11-9(12)3-8(4-13-11)16(17)18/h3-4,6H,5H2,1-2H3. The zero-order chi connectivity index (χ0) is 14.0. The molecule has 2 aromatic heterocycles. The third-order valence-electron chi connectivity index (χ3n) is 2.42. The first-order valence-corrected chi connectivity index (χ1v) is 6.65. The van der Waals surface area contributed by atoms with E-state index >= 15 is 0 Å². The third kappa shape index (κ3) is 3.18. The van der Waals surface area contributed by atoms with E-state index in [2.05, 4.69) is 9.97 Å². The summed E-state index contributed by atoms with van der Waals surface area (Å²) in [5.41, 5.74) is 0.850. The lowest BCUT2D eigenvalue weighted by molar-refractivity contribution is -0.385. The lowest BCUT2D eigenvalue weighted by Crippen LogP contribution is -2.18. The van der Waals surface area contributed by atoms with E-state index in [1.807, 2.05) is 24.3 Å². The van der Waals surface area contributed by atoms with Gasteiger partial charge in [0, 0.05) is 24.2 Å². The summed E-state index contributed by atoms with van der Waals surface area (Å²) in [6.07, 6.45) is 1.20. The van der Waals surface area contributed by atoms with Crippen molar-refractivity contribution >= 4 is 34.4 Å². The minimum atomic E-state index is -0.521. The van der Waals surface area contributed by atoms with Crippen LogP contribution in [0.15, 0.2) is 17.6 Å². The Bertz CT molecular complexity index is 616. The molecular formula is C11H11ClN4O2S. The van der Waals surface area contributed by atoms with Gasteiger partial charge >= 0.3 is 0 Å². The molecule has 2 rings (SSSR count). The van der Waals surface area contributed by atoms with Crippen LogP contribution in [0.1, 0.15) is 10.7 Å². The van der Waals surface area contributed by atoms with Crippen molar-refractivity contribution in [1.29, 1.82) is 0 Å². The average molecular weight is 299 g/mol. The summed E-state index contributed by atoms with van der Waals surface area (Å²) in [7, 11) is 1.82. The largest absolute Gasteiger partial charge is 0.352 e. The van der Waals surface area contributed by atoms with Gasteiger partial charge in [0.1, 0.15) is 17.0 Å². The predicted octanol–water partition coefficient (Wildman–Crippen LogP) is 3.04. The van der Waals surface area contributed by atoms with Crippen LogP contribution < -0.4 is 4.90 Å². The number of anilines is 1. The quantitative estimate of drug-likeness (QED) is 0.641. The van der Waals surface area contributed by atoms with Gasteiger partial charge in [-0.25, -0.2) is 9.97 Å². The highest BCUT2D eigenvalue weighted by Gasteiger charge is 2.14. The fraction of sp³-hybridized carbons (Fsp3) is 0.273. The number of rotatable bonds is 4. The maximum Gasteiger partial charge on any atom is 0.289 e. The number of hydrogen-bond acceptors (Lipinski definition) is 6. The van der Waals surface area contributed by atoms with Crippen molar-refractivity contribution < 1.29 is 4.92 Å². The number of pyridine rings is 1. The molecule has 0 atom stereocenters. The molecule has 0 spiro atoms. The second kappa shape index (κ2) is 5.50. The van der Waals surface area contributed by atoms with Crippen LogP contribution in [0.5, 0.6) is 0 Å². The van der Waals surface area contributed by atoms with E-state index in [1.165, 1.54) is 12.3 Å². The highest BCUT2D eigenvalue weighted by atomic mass is 35.5. The number of hydrogen-bond donors (Lipinski definition) is 0. The van der Waals surface area contributed by atoms with Gasteiger partial charge in [-0.05, 0) is 6.92 Å². The molecular weight excluding hydrogens is 288 g/mol.